The SMILES string of the molecule is CCC(C)N(Cc1ccncc1)Cc1c(C)nc2ccc(Cl)cn12. The summed E-state index contributed by atoms with van der Waals surface area (Å²) in [5.41, 5.74) is 4.47. The van der Waals surface area contributed by atoms with Crippen LogP contribution in [0.15, 0.2) is 42.9 Å². The highest BCUT2D eigenvalue weighted by molar-refractivity contribution is 6.30. The average Bonchev–Trinajstić information content (AvgIpc) is 2.89. The van der Waals surface area contributed by atoms with E-state index in [0.29, 0.717) is 6.04 Å². The summed E-state index contributed by atoms with van der Waals surface area (Å²) in [6, 6.07) is 8.48. The Balaban J connectivity index is 1.92. The zero-order valence-electron chi connectivity index (χ0n) is 14.4. The lowest BCUT2D eigenvalue weighted by Gasteiger charge is -2.28. The molecule has 3 heterocycles. The van der Waals surface area contributed by atoms with Crippen molar-refractivity contribution in [1.29, 1.82) is 0 Å². The molecule has 0 spiro atoms. The summed E-state index contributed by atoms with van der Waals surface area (Å²) < 4.78 is 2.11. The van der Waals surface area contributed by atoms with E-state index < -0.39 is 0 Å². The van der Waals surface area contributed by atoms with Crippen molar-refractivity contribution in [2.75, 3.05) is 0 Å². The lowest BCUT2D eigenvalue weighted by atomic mass is 10.1. The number of aromatic nitrogens is 3. The Morgan fingerprint density at radius 3 is 2.62 bits per heavy atom. The van der Waals surface area contributed by atoms with Crippen LogP contribution in [0.1, 0.15) is 37.2 Å². The maximum Gasteiger partial charge on any atom is 0.137 e. The van der Waals surface area contributed by atoms with Crippen LogP contribution in [0.25, 0.3) is 5.65 Å². The van der Waals surface area contributed by atoms with E-state index in [0.717, 1.165) is 35.9 Å². The van der Waals surface area contributed by atoms with E-state index in [2.05, 4.69) is 52.2 Å². The van der Waals surface area contributed by atoms with Crippen molar-refractivity contribution in [2.24, 2.45) is 0 Å². The van der Waals surface area contributed by atoms with E-state index in [1.807, 2.05) is 30.7 Å². The van der Waals surface area contributed by atoms with E-state index in [-0.39, 0.29) is 0 Å². The average molecular weight is 343 g/mol. The number of fused-ring (bicyclic) bond motifs is 1. The van der Waals surface area contributed by atoms with Crippen LogP contribution in [0.3, 0.4) is 0 Å². The Labute approximate surface area is 148 Å². The largest absolute Gasteiger partial charge is 0.301 e. The number of pyridine rings is 2. The van der Waals surface area contributed by atoms with Crippen molar-refractivity contribution >= 4 is 17.2 Å². The fourth-order valence-corrected chi connectivity index (χ4v) is 3.08. The Hall–Kier alpha value is -1.91. The van der Waals surface area contributed by atoms with Gasteiger partial charge in [0, 0.05) is 37.7 Å². The van der Waals surface area contributed by atoms with Gasteiger partial charge in [-0.15, -0.1) is 0 Å². The van der Waals surface area contributed by atoms with Gasteiger partial charge < -0.3 is 4.40 Å². The molecule has 0 aliphatic carbocycles. The smallest absolute Gasteiger partial charge is 0.137 e. The number of aryl methyl sites for hydroxylation is 1. The van der Waals surface area contributed by atoms with Gasteiger partial charge in [0.15, 0.2) is 0 Å². The molecule has 4 nitrogen and oxygen atoms in total. The molecule has 1 unspecified atom stereocenters. The molecule has 5 heteroatoms. The van der Waals surface area contributed by atoms with E-state index >= 15 is 0 Å². The molecule has 0 radical (unpaired) electrons. The van der Waals surface area contributed by atoms with Crippen LogP contribution in [0.5, 0.6) is 0 Å². The van der Waals surface area contributed by atoms with Crippen LogP contribution in [-0.4, -0.2) is 25.3 Å². The number of nitrogens with zero attached hydrogens (tertiary/aromatic N) is 4. The summed E-state index contributed by atoms with van der Waals surface area (Å²) >= 11 is 6.19. The number of imidazole rings is 1. The van der Waals surface area contributed by atoms with E-state index in [1.54, 1.807) is 0 Å². The second-order valence-electron chi connectivity index (χ2n) is 6.24. The fourth-order valence-electron chi connectivity index (χ4n) is 2.92. The predicted octanol–water partition coefficient (Wildman–Crippen LogP) is 4.49. The second-order valence-corrected chi connectivity index (χ2v) is 6.67. The van der Waals surface area contributed by atoms with E-state index in [4.69, 9.17) is 11.6 Å². The van der Waals surface area contributed by atoms with Gasteiger partial charge in [0.1, 0.15) is 5.65 Å². The molecule has 1 atom stereocenters. The number of halogens is 1. The topological polar surface area (TPSA) is 33.4 Å². The van der Waals surface area contributed by atoms with E-state index in [9.17, 15) is 0 Å². The van der Waals surface area contributed by atoms with Crippen molar-refractivity contribution < 1.29 is 0 Å². The van der Waals surface area contributed by atoms with Gasteiger partial charge >= 0.3 is 0 Å². The van der Waals surface area contributed by atoms with Gasteiger partial charge in [-0.05, 0) is 50.1 Å². The van der Waals surface area contributed by atoms with Crippen LogP contribution < -0.4 is 0 Å². The van der Waals surface area contributed by atoms with Crippen molar-refractivity contribution in [2.45, 2.75) is 46.3 Å². The Kier molecular flexibility index (Phi) is 5.17. The molecule has 3 aromatic heterocycles. The van der Waals surface area contributed by atoms with Gasteiger partial charge in [0.25, 0.3) is 0 Å². The Morgan fingerprint density at radius 1 is 1.17 bits per heavy atom. The second kappa shape index (κ2) is 7.32. The van der Waals surface area contributed by atoms with Crippen LogP contribution in [0, 0.1) is 6.92 Å². The summed E-state index contributed by atoms with van der Waals surface area (Å²) in [6.07, 6.45) is 6.75. The first kappa shape index (κ1) is 16.9. The van der Waals surface area contributed by atoms with Gasteiger partial charge in [-0.3, -0.25) is 9.88 Å². The Morgan fingerprint density at radius 2 is 1.92 bits per heavy atom. The minimum absolute atomic E-state index is 0.474. The van der Waals surface area contributed by atoms with E-state index in [1.165, 1.54) is 11.3 Å². The quantitative estimate of drug-likeness (QED) is 0.661. The number of hydrogen-bond donors (Lipinski definition) is 0. The monoisotopic (exact) mass is 342 g/mol. The van der Waals surface area contributed by atoms with Gasteiger partial charge in [-0.25, -0.2) is 4.98 Å². The standard InChI is InChI=1S/C19H23ClN4/c1-4-14(2)23(11-16-7-9-21-10-8-16)13-18-15(3)22-19-6-5-17(20)12-24(18)19/h5-10,12,14H,4,11,13H2,1-3H3. The third-order valence-electron chi connectivity index (χ3n) is 4.58. The molecule has 24 heavy (non-hydrogen) atoms. The van der Waals surface area contributed by atoms with Crippen molar-refractivity contribution in [3.05, 3.63) is 64.8 Å². The molecule has 0 saturated carbocycles. The van der Waals surface area contributed by atoms with Crippen LogP contribution in [0.2, 0.25) is 5.02 Å². The molecular weight excluding hydrogens is 320 g/mol. The lowest BCUT2D eigenvalue weighted by molar-refractivity contribution is 0.183. The molecule has 0 aliphatic rings. The molecule has 0 amide bonds. The number of rotatable bonds is 6. The first-order chi connectivity index (χ1) is 11.6. The molecule has 0 N–H and O–H groups in total. The van der Waals surface area contributed by atoms with Crippen molar-refractivity contribution in [3.63, 3.8) is 0 Å². The Bertz CT molecular complexity index is 813. The summed E-state index contributed by atoms with van der Waals surface area (Å²) in [6.45, 7) is 8.29. The lowest BCUT2D eigenvalue weighted by Crippen LogP contribution is -2.32. The molecule has 0 bridgehead atoms. The zero-order chi connectivity index (χ0) is 17.1. The maximum atomic E-state index is 6.19. The molecule has 3 aromatic rings. The molecular formula is C19H23ClN4. The summed E-state index contributed by atoms with van der Waals surface area (Å²) in [5, 5.41) is 0.727. The zero-order valence-corrected chi connectivity index (χ0v) is 15.2. The van der Waals surface area contributed by atoms with Gasteiger partial charge in [0.05, 0.1) is 16.4 Å². The predicted molar refractivity (Wildman–Crippen MR) is 98.2 cm³/mol. The van der Waals surface area contributed by atoms with Gasteiger partial charge in [-0.1, -0.05) is 18.5 Å². The van der Waals surface area contributed by atoms with Crippen LogP contribution in [0.4, 0.5) is 0 Å². The molecule has 3 rings (SSSR count). The van der Waals surface area contributed by atoms with Gasteiger partial charge in [-0.2, -0.15) is 0 Å². The molecule has 0 aromatic carbocycles. The molecule has 126 valence electrons. The maximum absolute atomic E-state index is 6.19. The highest BCUT2D eigenvalue weighted by Crippen LogP contribution is 2.20. The van der Waals surface area contributed by atoms with Crippen LogP contribution in [-0.2, 0) is 13.1 Å². The van der Waals surface area contributed by atoms with Crippen molar-refractivity contribution in [3.8, 4) is 0 Å². The third-order valence-corrected chi connectivity index (χ3v) is 4.81. The highest BCUT2D eigenvalue weighted by atomic mass is 35.5. The summed E-state index contributed by atoms with van der Waals surface area (Å²) in [4.78, 5) is 11.3. The molecule has 0 saturated heterocycles. The van der Waals surface area contributed by atoms with Gasteiger partial charge in [0.2, 0.25) is 0 Å². The molecule has 0 aliphatic heterocycles. The third kappa shape index (κ3) is 3.60. The minimum Gasteiger partial charge on any atom is -0.301 e. The minimum atomic E-state index is 0.474. The first-order valence-electron chi connectivity index (χ1n) is 8.34. The summed E-state index contributed by atoms with van der Waals surface area (Å²) in [5.74, 6) is 0. The normalized spacial score (nSPS) is 12.9. The van der Waals surface area contributed by atoms with Crippen molar-refractivity contribution in [1.82, 2.24) is 19.3 Å². The summed E-state index contributed by atoms with van der Waals surface area (Å²) in [7, 11) is 0. The first-order valence-corrected chi connectivity index (χ1v) is 8.72. The molecule has 0 fully saturated rings. The number of hydrogen-bond acceptors (Lipinski definition) is 3. The fraction of sp³-hybridized carbons (Fsp3) is 0.368. The van der Waals surface area contributed by atoms with Crippen LogP contribution >= 0.6 is 11.6 Å². The highest BCUT2D eigenvalue weighted by Gasteiger charge is 2.18.